The molecule has 6 heteroatoms. The number of allylic oxidation sites excluding steroid dienone is 1. The van der Waals surface area contributed by atoms with Crippen molar-refractivity contribution in [3.63, 3.8) is 0 Å². The van der Waals surface area contributed by atoms with E-state index in [-0.39, 0.29) is 53.8 Å². The van der Waals surface area contributed by atoms with Crippen molar-refractivity contribution in [2.24, 2.45) is 29.6 Å². The van der Waals surface area contributed by atoms with Crippen molar-refractivity contribution in [2.75, 3.05) is 5.75 Å². The summed E-state index contributed by atoms with van der Waals surface area (Å²) in [5, 5.41) is 10.9. The van der Waals surface area contributed by atoms with Gasteiger partial charge in [-0.05, 0) is 86.3 Å². The minimum absolute atomic E-state index is 0.0583. The van der Waals surface area contributed by atoms with E-state index >= 15 is 0 Å². The molecule has 2 saturated heterocycles. The number of unbranched alkanes of at least 4 members (excludes halogenated alkanes) is 1. The SMILES string of the molecule is C=C1C[C@H](CCCC)OC1CC[C@@H](O)C[C@@H](C)C(=C)[C@H](C)C[C@@H]1O[C@H](C[C@H](C)CC)[C@H](C)[C@H]1CS(=O)(=O)c1ccccc1. The fourth-order valence-corrected chi connectivity index (χ4v) is 8.83. The first-order valence-electron chi connectivity index (χ1n) is 17.0. The Bertz CT molecular complexity index is 1120. The molecule has 0 radical (unpaired) electrons. The van der Waals surface area contributed by atoms with Gasteiger partial charge >= 0.3 is 0 Å². The average molecular weight is 617 g/mol. The van der Waals surface area contributed by atoms with Gasteiger partial charge in [0.1, 0.15) is 0 Å². The molecule has 0 aromatic heterocycles. The molecule has 2 aliphatic heterocycles. The van der Waals surface area contributed by atoms with Crippen molar-refractivity contribution in [3.8, 4) is 0 Å². The van der Waals surface area contributed by atoms with Gasteiger partial charge in [-0.15, -0.1) is 0 Å². The molecule has 43 heavy (non-hydrogen) atoms. The Morgan fingerprint density at radius 1 is 1.02 bits per heavy atom. The largest absolute Gasteiger partial charge is 0.393 e. The van der Waals surface area contributed by atoms with E-state index in [2.05, 4.69) is 54.7 Å². The molecule has 2 fully saturated rings. The van der Waals surface area contributed by atoms with Crippen LogP contribution in [0.1, 0.15) is 106 Å². The molecular weight excluding hydrogens is 556 g/mol. The Hall–Kier alpha value is -1.47. The van der Waals surface area contributed by atoms with Crippen molar-refractivity contribution >= 4 is 9.84 Å². The highest BCUT2D eigenvalue weighted by Gasteiger charge is 2.44. The van der Waals surface area contributed by atoms with Gasteiger partial charge in [0.15, 0.2) is 9.84 Å². The lowest BCUT2D eigenvalue weighted by Gasteiger charge is -2.28. The van der Waals surface area contributed by atoms with Crippen LogP contribution in [0.25, 0.3) is 0 Å². The Morgan fingerprint density at radius 3 is 2.37 bits per heavy atom. The lowest BCUT2D eigenvalue weighted by Crippen LogP contribution is -2.30. The maximum atomic E-state index is 13.4. The predicted octanol–water partition coefficient (Wildman–Crippen LogP) is 8.57. The molecule has 5 nitrogen and oxygen atoms in total. The highest BCUT2D eigenvalue weighted by molar-refractivity contribution is 7.91. The number of hydrogen-bond donors (Lipinski definition) is 1. The van der Waals surface area contributed by atoms with Crippen LogP contribution in [0.5, 0.6) is 0 Å². The van der Waals surface area contributed by atoms with Crippen LogP contribution in [0.15, 0.2) is 59.5 Å². The van der Waals surface area contributed by atoms with Crippen molar-refractivity contribution in [3.05, 3.63) is 54.6 Å². The summed E-state index contributed by atoms with van der Waals surface area (Å²) in [5.74, 6) is 1.02. The lowest BCUT2D eigenvalue weighted by molar-refractivity contribution is 0.00899. The zero-order chi connectivity index (χ0) is 31.7. The Balaban J connectivity index is 1.58. The molecule has 3 rings (SSSR count). The number of hydrogen-bond acceptors (Lipinski definition) is 5. The predicted molar refractivity (Wildman–Crippen MR) is 178 cm³/mol. The van der Waals surface area contributed by atoms with Gasteiger partial charge in [0.05, 0.1) is 41.2 Å². The van der Waals surface area contributed by atoms with Crippen LogP contribution < -0.4 is 0 Å². The molecule has 1 aromatic carbocycles. The Labute approximate surface area is 263 Å². The summed E-state index contributed by atoms with van der Waals surface area (Å²) in [6.45, 7) is 21.8. The quantitative estimate of drug-likeness (QED) is 0.167. The number of sulfone groups is 1. The summed E-state index contributed by atoms with van der Waals surface area (Å²) in [4.78, 5) is 0.384. The summed E-state index contributed by atoms with van der Waals surface area (Å²) in [6.07, 6.45) is 9.15. The lowest BCUT2D eigenvalue weighted by atomic mass is 9.80. The third kappa shape index (κ3) is 10.3. The highest BCUT2D eigenvalue weighted by Crippen LogP contribution is 2.42. The van der Waals surface area contributed by atoms with Crippen LogP contribution >= 0.6 is 0 Å². The molecule has 2 aliphatic rings. The molecule has 0 bridgehead atoms. The fourth-order valence-electron chi connectivity index (χ4n) is 7.05. The standard InChI is InChI=1S/C37H60O5S/c1-9-11-15-32-22-28(6)35(41-32)19-18-31(38)21-26(4)29(7)27(5)23-37-34(30(8)36(42-37)20-25(3)10-2)24-43(39,40)33-16-13-12-14-17-33/h12-14,16-17,25-27,30-32,34-38H,6-7,9-11,15,18-24H2,1-5,8H3/t25-,26-,27-,30-,31-,32+,34-,35?,36-,37+/m1/s1. The van der Waals surface area contributed by atoms with Gasteiger partial charge in [-0.2, -0.15) is 0 Å². The smallest absolute Gasteiger partial charge is 0.178 e. The second kappa shape index (κ2) is 16.7. The number of benzene rings is 1. The number of aliphatic hydroxyl groups is 1. The Morgan fingerprint density at radius 2 is 1.72 bits per heavy atom. The first kappa shape index (κ1) is 36.0. The van der Waals surface area contributed by atoms with Gasteiger partial charge in [-0.1, -0.05) is 97.7 Å². The summed E-state index contributed by atoms with van der Waals surface area (Å²) >= 11 is 0. The molecule has 0 spiro atoms. The van der Waals surface area contributed by atoms with Crippen molar-refractivity contribution in [1.82, 2.24) is 0 Å². The van der Waals surface area contributed by atoms with E-state index in [0.717, 1.165) is 44.1 Å². The molecule has 0 amide bonds. The monoisotopic (exact) mass is 616 g/mol. The van der Waals surface area contributed by atoms with Gasteiger partial charge < -0.3 is 14.6 Å². The van der Waals surface area contributed by atoms with E-state index in [1.807, 2.05) is 6.07 Å². The molecule has 0 saturated carbocycles. The van der Waals surface area contributed by atoms with Crippen LogP contribution in [-0.4, -0.2) is 49.8 Å². The van der Waals surface area contributed by atoms with Gasteiger partial charge in [-0.3, -0.25) is 0 Å². The number of aliphatic hydroxyl groups excluding tert-OH is 1. The average Bonchev–Trinajstić information content (AvgIpc) is 3.47. The van der Waals surface area contributed by atoms with E-state index in [0.29, 0.717) is 23.7 Å². The van der Waals surface area contributed by atoms with Gasteiger partial charge in [0, 0.05) is 5.92 Å². The molecule has 10 atom stereocenters. The van der Waals surface area contributed by atoms with E-state index < -0.39 is 15.9 Å². The second-order valence-corrected chi connectivity index (χ2v) is 15.9. The fraction of sp³-hybridized carbons (Fsp3) is 0.730. The van der Waals surface area contributed by atoms with Crippen LogP contribution in [-0.2, 0) is 19.3 Å². The molecule has 0 aliphatic carbocycles. The minimum atomic E-state index is -3.43. The topological polar surface area (TPSA) is 72.8 Å². The third-order valence-corrected chi connectivity index (χ3v) is 12.2. The first-order chi connectivity index (χ1) is 20.4. The van der Waals surface area contributed by atoms with Crippen LogP contribution in [0.4, 0.5) is 0 Å². The maximum Gasteiger partial charge on any atom is 0.178 e. The van der Waals surface area contributed by atoms with Crippen LogP contribution in [0.2, 0.25) is 0 Å². The number of ether oxygens (including phenoxy) is 2. The van der Waals surface area contributed by atoms with Gasteiger partial charge in [-0.25, -0.2) is 8.42 Å². The van der Waals surface area contributed by atoms with Crippen LogP contribution in [0, 0.1) is 29.6 Å². The molecule has 1 N–H and O–H groups in total. The van der Waals surface area contributed by atoms with E-state index in [9.17, 15) is 13.5 Å². The molecule has 2 heterocycles. The van der Waals surface area contributed by atoms with E-state index in [1.54, 1.807) is 24.3 Å². The van der Waals surface area contributed by atoms with E-state index in [1.165, 1.54) is 18.4 Å². The zero-order valence-electron chi connectivity index (χ0n) is 27.8. The summed E-state index contributed by atoms with van der Waals surface area (Å²) in [5.41, 5.74) is 2.27. The maximum absolute atomic E-state index is 13.4. The molecule has 1 aromatic rings. The second-order valence-electron chi connectivity index (χ2n) is 13.9. The zero-order valence-corrected chi connectivity index (χ0v) is 28.7. The Kier molecular flexibility index (Phi) is 14.0. The molecule has 244 valence electrons. The minimum Gasteiger partial charge on any atom is -0.393 e. The van der Waals surface area contributed by atoms with Crippen LogP contribution in [0.3, 0.4) is 0 Å². The summed E-state index contributed by atoms with van der Waals surface area (Å²) in [7, 11) is -3.43. The summed E-state index contributed by atoms with van der Waals surface area (Å²) < 4.78 is 39.8. The number of rotatable bonds is 18. The third-order valence-electron chi connectivity index (χ3n) is 10.4. The van der Waals surface area contributed by atoms with Gasteiger partial charge in [0.25, 0.3) is 0 Å². The van der Waals surface area contributed by atoms with E-state index in [4.69, 9.17) is 9.47 Å². The first-order valence-corrected chi connectivity index (χ1v) is 18.6. The van der Waals surface area contributed by atoms with Crippen molar-refractivity contribution in [2.45, 2.75) is 141 Å². The normalized spacial score (nSPS) is 29.0. The van der Waals surface area contributed by atoms with Crippen molar-refractivity contribution in [1.29, 1.82) is 0 Å². The molecular formula is C37H60O5S. The van der Waals surface area contributed by atoms with Gasteiger partial charge in [0.2, 0.25) is 0 Å². The van der Waals surface area contributed by atoms with Crippen molar-refractivity contribution < 1.29 is 23.0 Å². The summed E-state index contributed by atoms with van der Waals surface area (Å²) in [6, 6.07) is 8.80. The highest BCUT2D eigenvalue weighted by atomic mass is 32.2. The molecule has 1 unspecified atom stereocenters.